The molecule has 0 aliphatic carbocycles. The maximum atomic E-state index is 10.5. The van der Waals surface area contributed by atoms with Gasteiger partial charge in [-0.15, -0.1) is 0 Å². The van der Waals surface area contributed by atoms with E-state index in [4.69, 9.17) is 0 Å². The number of benzene rings is 2. The maximum Gasteiger partial charge on any atom is 0.269 e. The van der Waals surface area contributed by atoms with Gasteiger partial charge >= 0.3 is 0 Å². The van der Waals surface area contributed by atoms with Gasteiger partial charge in [-0.1, -0.05) is 24.3 Å². The Morgan fingerprint density at radius 1 is 0.667 bits per heavy atom. The molecule has 0 spiro atoms. The average Bonchev–Trinajstić information content (AvgIpc) is 2.48. The molecule has 2 rings (SSSR count). The number of aryl methyl sites for hydroxylation is 2. The fourth-order valence-corrected chi connectivity index (χ4v) is 2.07. The smallest absolute Gasteiger partial charge is 0.258 e. The molecule has 0 bridgehead atoms. The molecule has 2 aromatic rings. The third-order valence-corrected chi connectivity index (χ3v) is 3.23. The van der Waals surface area contributed by atoms with Gasteiger partial charge in [0.2, 0.25) is 0 Å². The second kappa shape index (κ2) is 6.60. The number of nitro groups is 2. The van der Waals surface area contributed by atoms with Crippen molar-refractivity contribution in [2.45, 2.75) is 19.3 Å². The van der Waals surface area contributed by atoms with Gasteiger partial charge in [-0.05, 0) is 30.4 Å². The molecule has 0 heterocycles. The van der Waals surface area contributed by atoms with E-state index in [2.05, 4.69) is 0 Å². The summed E-state index contributed by atoms with van der Waals surface area (Å²) in [6.07, 6.45) is 2.51. The molecule has 0 atom stereocenters. The molecule has 0 amide bonds. The summed E-state index contributed by atoms with van der Waals surface area (Å²) in [5.41, 5.74) is 2.27. The van der Waals surface area contributed by atoms with Gasteiger partial charge in [-0.3, -0.25) is 20.2 Å². The number of nitrogens with zero attached hydrogens (tertiary/aromatic N) is 2. The lowest BCUT2D eigenvalue weighted by Gasteiger charge is -2.02. The Hall–Kier alpha value is -2.76. The Morgan fingerprint density at radius 2 is 1.00 bits per heavy atom. The van der Waals surface area contributed by atoms with E-state index < -0.39 is 9.85 Å². The lowest BCUT2D eigenvalue weighted by molar-refractivity contribution is -0.385. The highest BCUT2D eigenvalue weighted by molar-refractivity contribution is 5.34. The number of non-ortho nitro benzene ring substituents is 2. The van der Waals surface area contributed by atoms with Crippen LogP contribution < -0.4 is 0 Å². The second-order valence-electron chi connectivity index (χ2n) is 4.70. The first-order chi connectivity index (χ1) is 10.1. The zero-order valence-corrected chi connectivity index (χ0v) is 11.3. The number of hydrogen-bond donors (Lipinski definition) is 0. The van der Waals surface area contributed by atoms with Crippen LogP contribution in [0.15, 0.2) is 48.5 Å². The van der Waals surface area contributed by atoms with E-state index in [-0.39, 0.29) is 11.4 Å². The highest BCUT2D eigenvalue weighted by atomic mass is 16.6. The highest BCUT2D eigenvalue weighted by Crippen LogP contribution is 2.16. The third-order valence-electron chi connectivity index (χ3n) is 3.23. The molecule has 0 unspecified atom stereocenters. The Bertz CT molecular complexity index is 578. The topological polar surface area (TPSA) is 86.3 Å². The van der Waals surface area contributed by atoms with Gasteiger partial charge in [-0.2, -0.15) is 0 Å². The Labute approximate surface area is 121 Å². The van der Waals surface area contributed by atoms with Crippen molar-refractivity contribution in [1.82, 2.24) is 0 Å². The summed E-state index contributed by atoms with van der Waals surface area (Å²) < 4.78 is 0. The standard InChI is InChI=1S/C15H14N2O4/c18-16(19)14-8-4-12(5-9-14)2-1-3-13-6-10-15(11-7-13)17(20)21/h4-11H,1-3H2. The van der Waals surface area contributed by atoms with Crippen molar-refractivity contribution in [3.8, 4) is 0 Å². The Kier molecular flexibility index (Phi) is 4.61. The quantitative estimate of drug-likeness (QED) is 0.598. The molecule has 0 saturated heterocycles. The molecule has 108 valence electrons. The summed E-state index contributed by atoms with van der Waals surface area (Å²) in [7, 11) is 0. The highest BCUT2D eigenvalue weighted by Gasteiger charge is 2.05. The number of nitro benzene ring substituents is 2. The van der Waals surface area contributed by atoms with Crippen LogP contribution in [0.2, 0.25) is 0 Å². The summed E-state index contributed by atoms with van der Waals surface area (Å²) in [5, 5.41) is 21.1. The fourth-order valence-electron chi connectivity index (χ4n) is 2.07. The molecule has 21 heavy (non-hydrogen) atoms. The van der Waals surface area contributed by atoms with Crippen molar-refractivity contribution >= 4 is 11.4 Å². The van der Waals surface area contributed by atoms with Gasteiger partial charge < -0.3 is 0 Å². The predicted octanol–water partition coefficient (Wildman–Crippen LogP) is 3.68. The van der Waals surface area contributed by atoms with E-state index in [1.54, 1.807) is 24.3 Å². The average molecular weight is 286 g/mol. The first-order valence-electron chi connectivity index (χ1n) is 6.53. The summed E-state index contributed by atoms with van der Waals surface area (Å²) >= 11 is 0. The number of hydrogen-bond acceptors (Lipinski definition) is 4. The summed E-state index contributed by atoms with van der Waals surface area (Å²) in [6, 6.07) is 13.0. The predicted molar refractivity (Wildman–Crippen MR) is 78.2 cm³/mol. The van der Waals surface area contributed by atoms with Crippen LogP contribution in [0, 0.1) is 20.2 Å². The van der Waals surface area contributed by atoms with Crippen LogP contribution in [-0.4, -0.2) is 9.85 Å². The van der Waals surface area contributed by atoms with Gasteiger partial charge in [0.25, 0.3) is 11.4 Å². The molecule has 2 aromatic carbocycles. The van der Waals surface area contributed by atoms with Crippen molar-refractivity contribution in [2.24, 2.45) is 0 Å². The van der Waals surface area contributed by atoms with Gasteiger partial charge in [-0.25, -0.2) is 0 Å². The first kappa shape index (κ1) is 14.6. The Balaban J connectivity index is 1.86. The van der Waals surface area contributed by atoms with Gasteiger partial charge in [0, 0.05) is 24.3 Å². The summed E-state index contributed by atoms with van der Waals surface area (Å²) in [5.74, 6) is 0. The van der Waals surface area contributed by atoms with Crippen LogP contribution in [0.4, 0.5) is 11.4 Å². The lowest BCUT2D eigenvalue weighted by atomic mass is 10.0. The minimum absolute atomic E-state index is 0.0918. The van der Waals surface area contributed by atoms with E-state index in [9.17, 15) is 20.2 Å². The third kappa shape index (κ3) is 4.10. The molecule has 0 radical (unpaired) electrons. The van der Waals surface area contributed by atoms with Crippen molar-refractivity contribution in [2.75, 3.05) is 0 Å². The first-order valence-corrected chi connectivity index (χ1v) is 6.53. The Morgan fingerprint density at radius 3 is 1.29 bits per heavy atom. The van der Waals surface area contributed by atoms with Crippen LogP contribution in [0.25, 0.3) is 0 Å². The van der Waals surface area contributed by atoms with E-state index in [1.165, 1.54) is 24.3 Å². The van der Waals surface area contributed by atoms with Crippen LogP contribution in [0.3, 0.4) is 0 Å². The van der Waals surface area contributed by atoms with Gasteiger partial charge in [0.1, 0.15) is 0 Å². The molecule has 0 aliphatic rings. The molecule has 6 heteroatoms. The second-order valence-corrected chi connectivity index (χ2v) is 4.70. The van der Waals surface area contributed by atoms with E-state index in [1.807, 2.05) is 0 Å². The maximum absolute atomic E-state index is 10.5. The van der Waals surface area contributed by atoms with Crippen molar-refractivity contribution < 1.29 is 9.85 Å². The van der Waals surface area contributed by atoms with Gasteiger partial charge in [0.05, 0.1) is 9.85 Å². The minimum atomic E-state index is -0.416. The van der Waals surface area contributed by atoms with E-state index >= 15 is 0 Å². The monoisotopic (exact) mass is 286 g/mol. The minimum Gasteiger partial charge on any atom is -0.258 e. The molecular weight excluding hydrogens is 272 g/mol. The van der Waals surface area contributed by atoms with Crippen molar-refractivity contribution in [1.29, 1.82) is 0 Å². The van der Waals surface area contributed by atoms with Crippen LogP contribution in [0.1, 0.15) is 17.5 Å². The van der Waals surface area contributed by atoms with Crippen LogP contribution in [-0.2, 0) is 12.8 Å². The normalized spacial score (nSPS) is 10.3. The van der Waals surface area contributed by atoms with E-state index in [0.717, 1.165) is 30.4 Å². The van der Waals surface area contributed by atoms with Crippen molar-refractivity contribution in [3.63, 3.8) is 0 Å². The lowest BCUT2D eigenvalue weighted by Crippen LogP contribution is -1.93. The van der Waals surface area contributed by atoms with Crippen molar-refractivity contribution in [3.05, 3.63) is 79.9 Å². The molecule has 0 N–H and O–H groups in total. The van der Waals surface area contributed by atoms with Crippen LogP contribution >= 0.6 is 0 Å². The summed E-state index contributed by atoms with van der Waals surface area (Å²) in [4.78, 5) is 20.3. The molecule has 0 aliphatic heterocycles. The molecule has 6 nitrogen and oxygen atoms in total. The SMILES string of the molecule is O=[N+]([O-])c1ccc(CCCc2ccc([N+](=O)[O-])cc2)cc1. The zero-order chi connectivity index (χ0) is 15.2. The number of rotatable bonds is 6. The molecule has 0 aromatic heterocycles. The van der Waals surface area contributed by atoms with Gasteiger partial charge in [0.15, 0.2) is 0 Å². The zero-order valence-electron chi connectivity index (χ0n) is 11.3. The molecule has 0 saturated carbocycles. The summed E-state index contributed by atoms with van der Waals surface area (Å²) in [6.45, 7) is 0. The molecular formula is C15H14N2O4. The fraction of sp³-hybridized carbons (Fsp3) is 0.200. The molecule has 0 fully saturated rings. The largest absolute Gasteiger partial charge is 0.269 e. The van der Waals surface area contributed by atoms with Crippen LogP contribution in [0.5, 0.6) is 0 Å². The van der Waals surface area contributed by atoms with E-state index in [0.29, 0.717) is 0 Å².